The lowest BCUT2D eigenvalue weighted by Crippen LogP contribution is -2.54. The number of urea groups is 1. The Morgan fingerprint density at radius 3 is 2.45 bits per heavy atom. The van der Waals surface area contributed by atoms with Gasteiger partial charge in [-0.05, 0) is 50.9 Å². The van der Waals surface area contributed by atoms with Gasteiger partial charge in [-0.2, -0.15) is 0 Å². The predicted octanol–water partition coefficient (Wildman–Crippen LogP) is 3.24. The van der Waals surface area contributed by atoms with E-state index in [4.69, 9.17) is 5.11 Å². The van der Waals surface area contributed by atoms with Gasteiger partial charge in [0.05, 0.1) is 5.92 Å². The minimum atomic E-state index is -0.697. The molecule has 1 aliphatic heterocycles. The quantitative estimate of drug-likeness (QED) is 0.837. The second-order valence-electron chi connectivity index (χ2n) is 7.01. The Bertz CT molecular complexity index is 391. The van der Waals surface area contributed by atoms with Crippen LogP contribution >= 0.6 is 0 Å². The van der Waals surface area contributed by atoms with E-state index >= 15 is 0 Å². The van der Waals surface area contributed by atoms with Crippen molar-refractivity contribution in [2.24, 2.45) is 11.8 Å². The van der Waals surface area contributed by atoms with E-state index in [1.165, 1.54) is 6.42 Å². The zero-order valence-electron chi connectivity index (χ0n) is 13.9. The van der Waals surface area contributed by atoms with Gasteiger partial charge in [-0.25, -0.2) is 4.79 Å². The van der Waals surface area contributed by atoms with Gasteiger partial charge in [-0.3, -0.25) is 4.79 Å². The minimum absolute atomic E-state index is 0.0591. The molecule has 2 atom stereocenters. The molecule has 5 nitrogen and oxygen atoms in total. The minimum Gasteiger partial charge on any atom is -0.481 e. The molecule has 1 saturated heterocycles. The van der Waals surface area contributed by atoms with Crippen molar-refractivity contribution in [3.05, 3.63) is 0 Å². The number of carbonyl (C=O) groups is 2. The summed E-state index contributed by atoms with van der Waals surface area (Å²) in [6, 6.07) is 0.556. The van der Waals surface area contributed by atoms with Crippen LogP contribution in [0.15, 0.2) is 0 Å². The van der Waals surface area contributed by atoms with Crippen LogP contribution in [0, 0.1) is 11.8 Å². The molecule has 2 rings (SSSR count). The highest BCUT2D eigenvalue weighted by Crippen LogP contribution is 2.28. The predicted molar refractivity (Wildman–Crippen MR) is 85.7 cm³/mol. The van der Waals surface area contributed by atoms with Crippen molar-refractivity contribution in [1.82, 2.24) is 10.2 Å². The van der Waals surface area contributed by atoms with Crippen LogP contribution in [-0.4, -0.2) is 40.6 Å². The maximum Gasteiger partial charge on any atom is 0.317 e. The number of nitrogens with one attached hydrogen (secondary N) is 1. The van der Waals surface area contributed by atoms with E-state index in [1.807, 2.05) is 4.90 Å². The number of nitrogens with zero attached hydrogens (tertiary/aromatic N) is 1. The molecule has 1 saturated carbocycles. The van der Waals surface area contributed by atoms with Gasteiger partial charge >= 0.3 is 12.0 Å². The van der Waals surface area contributed by atoms with Gasteiger partial charge in [0, 0.05) is 18.6 Å². The smallest absolute Gasteiger partial charge is 0.317 e. The number of piperidine rings is 1. The highest BCUT2D eigenvalue weighted by Gasteiger charge is 2.33. The fourth-order valence-corrected chi connectivity index (χ4v) is 3.98. The molecule has 0 spiro atoms. The second-order valence-corrected chi connectivity index (χ2v) is 7.01. The van der Waals surface area contributed by atoms with Crippen molar-refractivity contribution in [2.75, 3.05) is 6.54 Å². The lowest BCUT2D eigenvalue weighted by molar-refractivity contribution is -0.142. The van der Waals surface area contributed by atoms with E-state index in [0.717, 1.165) is 38.6 Å². The largest absolute Gasteiger partial charge is 0.481 e. The van der Waals surface area contributed by atoms with Crippen LogP contribution in [0.1, 0.15) is 65.2 Å². The van der Waals surface area contributed by atoms with E-state index in [-0.39, 0.29) is 18.0 Å². The molecule has 2 fully saturated rings. The number of carboxylic acid groups (broad SMARTS) is 1. The molecule has 126 valence electrons. The Balaban J connectivity index is 1.87. The molecule has 0 aromatic rings. The summed E-state index contributed by atoms with van der Waals surface area (Å²) in [4.78, 5) is 25.6. The topological polar surface area (TPSA) is 69.6 Å². The zero-order chi connectivity index (χ0) is 16.1. The Labute approximate surface area is 133 Å². The van der Waals surface area contributed by atoms with Gasteiger partial charge in [0.25, 0.3) is 0 Å². The van der Waals surface area contributed by atoms with Crippen molar-refractivity contribution < 1.29 is 14.7 Å². The van der Waals surface area contributed by atoms with Crippen molar-refractivity contribution in [3.8, 4) is 0 Å². The summed E-state index contributed by atoms with van der Waals surface area (Å²) in [6.45, 7) is 5.27. The van der Waals surface area contributed by atoms with E-state index in [1.54, 1.807) is 0 Å². The summed E-state index contributed by atoms with van der Waals surface area (Å²) >= 11 is 0. The number of carbonyl (C=O) groups excluding carboxylic acids is 1. The Hall–Kier alpha value is -1.26. The van der Waals surface area contributed by atoms with Gasteiger partial charge in [0.1, 0.15) is 0 Å². The SMILES string of the molecule is CCCC1C(C)CCCN1C(=O)NC1CCC(C(=O)O)CC1. The molecule has 2 N–H and O–H groups in total. The highest BCUT2D eigenvalue weighted by molar-refractivity contribution is 5.75. The van der Waals surface area contributed by atoms with E-state index < -0.39 is 5.97 Å². The third-order valence-corrected chi connectivity index (χ3v) is 5.36. The molecule has 2 amide bonds. The first-order valence-electron chi connectivity index (χ1n) is 8.82. The van der Waals surface area contributed by atoms with Crippen LogP contribution in [0.5, 0.6) is 0 Å². The summed E-state index contributed by atoms with van der Waals surface area (Å²) in [6.07, 6.45) is 7.38. The standard InChI is InChI=1S/C17H30N2O3/c1-3-5-15-12(2)6-4-11-19(15)17(22)18-14-9-7-13(8-10-14)16(20)21/h12-15H,3-11H2,1-2H3,(H,18,22)(H,20,21). The van der Waals surface area contributed by atoms with Gasteiger partial charge in [0.15, 0.2) is 0 Å². The normalized spacial score (nSPS) is 32.5. The summed E-state index contributed by atoms with van der Waals surface area (Å²) in [7, 11) is 0. The number of hydrogen-bond acceptors (Lipinski definition) is 2. The van der Waals surface area contributed by atoms with Crippen LogP contribution in [0.25, 0.3) is 0 Å². The second kappa shape index (κ2) is 7.84. The molecule has 0 radical (unpaired) electrons. The van der Waals surface area contributed by atoms with Gasteiger partial charge in [-0.15, -0.1) is 0 Å². The van der Waals surface area contributed by atoms with Gasteiger partial charge in [-0.1, -0.05) is 20.3 Å². The van der Waals surface area contributed by atoms with Crippen molar-refractivity contribution in [2.45, 2.75) is 77.3 Å². The number of likely N-dealkylation sites (tertiary alicyclic amines) is 1. The lowest BCUT2D eigenvalue weighted by atomic mass is 9.86. The van der Waals surface area contributed by atoms with Crippen LogP contribution in [-0.2, 0) is 4.79 Å². The molecule has 0 bridgehead atoms. The highest BCUT2D eigenvalue weighted by atomic mass is 16.4. The van der Waals surface area contributed by atoms with Crippen LogP contribution in [0.4, 0.5) is 4.79 Å². The number of amides is 2. The number of aliphatic carboxylic acids is 1. The van der Waals surface area contributed by atoms with E-state index in [9.17, 15) is 9.59 Å². The van der Waals surface area contributed by atoms with Crippen LogP contribution < -0.4 is 5.32 Å². The lowest BCUT2D eigenvalue weighted by Gasteiger charge is -2.41. The fraction of sp³-hybridized carbons (Fsp3) is 0.882. The summed E-state index contributed by atoms with van der Waals surface area (Å²) < 4.78 is 0. The van der Waals surface area contributed by atoms with Crippen molar-refractivity contribution in [3.63, 3.8) is 0 Å². The third-order valence-electron chi connectivity index (χ3n) is 5.36. The zero-order valence-corrected chi connectivity index (χ0v) is 13.9. The molecule has 2 unspecified atom stereocenters. The van der Waals surface area contributed by atoms with Crippen LogP contribution in [0.2, 0.25) is 0 Å². The molecule has 5 heteroatoms. The molecule has 22 heavy (non-hydrogen) atoms. The molecular weight excluding hydrogens is 280 g/mol. The molecule has 0 aromatic heterocycles. The fourth-order valence-electron chi connectivity index (χ4n) is 3.98. The first kappa shape index (κ1) is 17.1. The summed E-state index contributed by atoms with van der Waals surface area (Å²) in [5.74, 6) is -0.351. The molecule has 0 aromatic carbocycles. The molecular formula is C17H30N2O3. The summed E-state index contributed by atoms with van der Waals surface area (Å²) in [5, 5.41) is 12.2. The monoisotopic (exact) mass is 310 g/mol. The van der Waals surface area contributed by atoms with E-state index in [2.05, 4.69) is 19.2 Å². The van der Waals surface area contributed by atoms with Crippen LogP contribution in [0.3, 0.4) is 0 Å². The number of rotatable bonds is 4. The average Bonchev–Trinajstić information content (AvgIpc) is 2.50. The number of carboxylic acids is 1. The van der Waals surface area contributed by atoms with Gasteiger partial charge < -0.3 is 15.3 Å². The summed E-state index contributed by atoms with van der Waals surface area (Å²) in [5.41, 5.74) is 0. The molecule has 1 aliphatic carbocycles. The van der Waals surface area contributed by atoms with E-state index in [0.29, 0.717) is 24.8 Å². The van der Waals surface area contributed by atoms with Crippen molar-refractivity contribution in [1.29, 1.82) is 0 Å². The first-order chi connectivity index (χ1) is 10.5. The van der Waals surface area contributed by atoms with Gasteiger partial charge in [0.2, 0.25) is 0 Å². The Morgan fingerprint density at radius 1 is 1.18 bits per heavy atom. The van der Waals surface area contributed by atoms with Crippen molar-refractivity contribution >= 4 is 12.0 Å². The number of hydrogen-bond donors (Lipinski definition) is 2. The average molecular weight is 310 g/mol. The Morgan fingerprint density at radius 2 is 1.86 bits per heavy atom. The maximum atomic E-state index is 12.6. The maximum absolute atomic E-state index is 12.6. The molecule has 1 heterocycles. The molecule has 2 aliphatic rings. The Kier molecular flexibility index (Phi) is 6.09. The first-order valence-corrected chi connectivity index (χ1v) is 8.82. The third kappa shape index (κ3) is 4.14.